The van der Waals surface area contributed by atoms with Crippen molar-refractivity contribution in [2.75, 3.05) is 13.7 Å². The number of aryl methyl sites for hydroxylation is 1. The highest BCUT2D eigenvalue weighted by atomic mass is 16.5. The summed E-state index contributed by atoms with van der Waals surface area (Å²) in [5, 5.41) is 9.61. The maximum Gasteiger partial charge on any atom is 0.251 e. The first-order valence-electron chi connectivity index (χ1n) is 10.5. The Bertz CT molecular complexity index is 864. The highest BCUT2D eigenvalue weighted by Gasteiger charge is 2.09. The van der Waals surface area contributed by atoms with Crippen LogP contribution in [0.15, 0.2) is 47.5 Å². The summed E-state index contributed by atoms with van der Waals surface area (Å²) in [6, 6.07) is 13.9. The van der Waals surface area contributed by atoms with Gasteiger partial charge < -0.3 is 20.7 Å². The normalized spacial score (nSPS) is 12.2. The summed E-state index contributed by atoms with van der Waals surface area (Å²) in [7, 11) is 1.68. The molecule has 0 fully saturated rings. The van der Waals surface area contributed by atoms with Gasteiger partial charge in [0.2, 0.25) is 0 Å². The van der Waals surface area contributed by atoms with Gasteiger partial charge in [-0.15, -0.1) is 0 Å². The Morgan fingerprint density at radius 3 is 2.63 bits per heavy atom. The first-order chi connectivity index (χ1) is 14.5. The summed E-state index contributed by atoms with van der Waals surface area (Å²) in [6.07, 6.45) is 0.902. The first-order valence-corrected chi connectivity index (χ1v) is 10.5. The van der Waals surface area contributed by atoms with Crippen molar-refractivity contribution in [2.45, 2.75) is 53.2 Å². The average molecular weight is 411 g/mol. The van der Waals surface area contributed by atoms with Gasteiger partial charge in [-0.3, -0.25) is 4.79 Å². The number of methoxy groups -OCH3 is 1. The second kappa shape index (κ2) is 11.9. The number of hydrogen-bond acceptors (Lipinski definition) is 3. The lowest BCUT2D eigenvalue weighted by Gasteiger charge is -2.14. The number of nitrogens with zero attached hydrogens (tertiary/aromatic N) is 1. The third-order valence-corrected chi connectivity index (χ3v) is 4.83. The largest absolute Gasteiger partial charge is 0.496 e. The van der Waals surface area contributed by atoms with E-state index in [4.69, 9.17) is 4.74 Å². The Morgan fingerprint density at radius 1 is 1.13 bits per heavy atom. The van der Waals surface area contributed by atoms with Crippen molar-refractivity contribution in [2.24, 2.45) is 4.99 Å². The number of nitrogens with one attached hydrogen (secondary N) is 3. The second-order valence-corrected chi connectivity index (χ2v) is 7.35. The highest BCUT2D eigenvalue weighted by molar-refractivity contribution is 5.94. The van der Waals surface area contributed by atoms with E-state index in [1.165, 1.54) is 0 Å². The summed E-state index contributed by atoms with van der Waals surface area (Å²) in [6.45, 7) is 9.97. The maximum absolute atomic E-state index is 12.4. The van der Waals surface area contributed by atoms with E-state index >= 15 is 0 Å². The number of aliphatic imine (C=N–C) groups is 1. The number of carbonyl (C=O) groups is 1. The van der Waals surface area contributed by atoms with Gasteiger partial charge in [0, 0.05) is 30.3 Å². The van der Waals surface area contributed by atoms with Gasteiger partial charge in [0.05, 0.1) is 13.7 Å². The van der Waals surface area contributed by atoms with Gasteiger partial charge >= 0.3 is 0 Å². The van der Waals surface area contributed by atoms with E-state index in [1.54, 1.807) is 7.11 Å². The molecular weight excluding hydrogens is 376 g/mol. The van der Waals surface area contributed by atoms with E-state index in [9.17, 15) is 4.79 Å². The van der Waals surface area contributed by atoms with E-state index in [2.05, 4.69) is 40.0 Å². The van der Waals surface area contributed by atoms with Crippen molar-refractivity contribution >= 4 is 11.9 Å². The van der Waals surface area contributed by atoms with Gasteiger partial charge in [-0.05, 0) is 56.5 Å². The topological polar surface area (TPSA) is 74.8 Å². The van der Waals surface area contributed by atoms with Gasteiger partial charge in [-0.25, -0.2) is 4.99 Å². The number of carbonyl (C=O) groups excluding carboxylic acids is 1. The molecule has 0 heterocycles. The fourth-order valence-electron chi connectivity index (χ4n) is 2.91. The smallest absolute Gasteiger partial charge is 0.251 e. The zero-order valence-corrected chi connectivity index (χ0v) is 18.7. The molecule has 6 heteroatoms. The van der Waals surface area contributed by atoms with Crippen molar-refractivity contribution in [3.8, 4) is 5.75 Å². The summed E-state index contributed by atoms with van der Waals surface area (Å²) in [5.41, 5.74) is 3.87. The molecule has 0 aliphatic carbocycles. The number of guanidine groups is 1. The molecule has 1 amide bonds. The molecular formula is C24H34N4O2. The van der Waals surface area contributed by atoms with Gasteiger partial charge in [0.1, 0.15) is 5.75 Å². The molecule has 0 bridgehead atoms. The van der Waals surface area contributed by atoms with Crippen LogP contribution in [0.5, 0.6) is 5.75 Å². The van der Waals surface area contributed by atoms with Gasteiger partial charge in [-0.1, -0.05) is 31.2 Å². The van der Waals surface area contributed by atoms with Gasteiger partial charge in [0.15, 0.2) is 5.96 Å². The van der Waals surface area contributed by atoms with E-state index in [0.29, 0.717) is 18.7 Å². The van der Waals surface area contributed by atoms with Crippen molar-refractivity contribution in [3.05, 3.63) is 64.7 Å². The predicted molar refractivity (Wildman–Crippen MR) is 123 cm³/mol. The minimum atomic E-state index is -0.0494. The third kappa shape index (κ3) is 7.10. The van der Waals surface area contributed by atoms with E-state index in [0.717, 1.165) is 41.4 Å². The Kier molecular flexibility index (Phi) is 9.19. The highest BCUT2D eigenvalue weighted by Crippen LogP contribution is 2.19. The molecule has 6 nitrogen and oxygen atoms in total. The lowest BCUT2D eigenvalue weighted by molar-refractivity contribution is 0.0939. The fraction of sp³-hybridized carbons (Fsp3) is 0.417. The lowest BCUT2D eigenvalue weighted by Crippen LogP contribution is -2.36. The molecule has 2 aromatic carbocycles. The molecule has 0 radical (unpaired) electrons. The first kappa shape index (κ1) is 23.3. The number of hydrogen-bond donors (Lipinski definition) is 3. The van der Waals surface area contributed by atoms with Gasteiger partial charge in [0.25, 0.3) is 5.91 Å². The average Bonchev–Trinajstić information content (AvgIpc) is 2.76. The second-order valence-electron chi connectivity index (χ2n) is 7.35. The minimum Gasteiger partial charge on any atom is -0.496 e. The minimum absolute atomic E-state index is 0.0494. The summed E-state index contributed by atoms with van der Waals surface area (Å²) >= 11 is 0. The molecule has 0 spiro atoms. The van der Waals surface area contributed by atoms with Crippen molar-refractivity contribution in [3.63, 3.8) is 0 Å². The molecule has 3 N–H and O–H groups in total. The van der Waals surface area contributed by atoms with Crippen LogP contribution in [-0.2, 0) is 13.1 Å². The molecule has 0 saturated heterocycles. The van der Waals surface area contributed by atoms with Crippen molar-refractivity contribution in [1.29, 1.82) is 0 Å². The van der Waals surface area contributed by atoms with Crippen LogP contribution in [0.25, 0.3) is 0 Å². The number of ether oxygens (including phenoxy) is 1. The Morgan fingerprint density at radius 2 is 1.93 bits per heavy atom. The summed E-state index contributed by atoms with van der Waals surface area (Å²) < 4.78 is 5.48. The zero-order chi connectivity index (χ0) is 21.9. The molecule has 1 unspecified atom stereocenters. The van der Waals surface area contributed by atoms with Crippen molar-refractivity contribution < 1.29 is 9.53 Å². The Hall–Kier alpha value is -3.02. The third-order valence-electron chi connectivity index (χ3n) is 4.83. The molecule has 2 aromatic rings. The molecule has 2 rings (SSSR count). The Labute approximate surface area is 180 Å². The number of benzene rings is 2. The molecule has 162 valence electrons. The summed E-state index contributed by atoms with van der Waals surface area (Å²) in [4.78, 5) is 17.0. The number of amides is 1. The van der Waals surface area contributed by atoms with Crippen LogP contribution in [-0.4, -0.2) is 31.6 Å². The summed E-state index contributed by atoms with van der Waals surface area (Å²) in [5.74, 6) is 1.53. The monoisotopic (exact) mass is 410 g/mol. The lowest BCUT2D eigenvalue weighted by atomic mass is 10.1. The van der Waals surface area contributed by atoms with Crippen LogP contribution >= 0.6 is 0 Å². The van der Waals surface area contributed by atoms with E-state index < -0.39 is 0 Å². The van der Waals surface area contributed by atoms with Crippen molar-refractivity contribution in [1.82, 2.24) is 16.0 Å². The quantitative estimate of drug-likeness (QED) is 0.434. The van der Waals surface area contributed by atoms with Gasteiger partial charge in [-0.2, -0.15) is 0 Å². The van der Waals surface area contributed by atoms with E-state index in [1.807, 2.05) is 51.1 Å². The molecule has 1 atom stereocenters. The number of rotatable bonds is 9. The Balaban J connectivity index is 2.06. The standard InChI is InChI=1S/C24H34N4O2/c1-6-18(4)28-23(29)20-10-8-9-19(14-20)15-26-24(25-7-2)27-16-21-12-11-17(3)13-22(21)30-5/h8-14,18H,6-7,15-16H2,1-5H3,(H,28,29)(H2,25,26,27). The molecule has 30 heavy (non-hydrogen) atoms. The SMILES string of the molecule is CCNC(=NCc1cccc(C(=O)NC(C)CC)c1)NCc1ccc(C)cc1OC. The van der Waals surface area contributed by atoms with E-state index in [-0.39, 0.29) is 11.9 Å². The van der Waals surface area contributed by atoms with Crippen LogP contribution in [0.4, 0.5) is 0 Å². The molecule has 0 aliphatic heterocycles. The predicted octanol–water partition coefficient (Wildman–Crippen LogP) is 3.79. The van der Waals surface area contributed by atoms with Crippen LogP contribution < -0.4 is 20.7 Å². The molecule has 0 aromatic heterocycles. The van der Waals surface area contributed by atoms with Crippen LogP contribution in [0.2, 0.25) is 0 Å². The van der Waals surface area contributed by atoms with Crippen LogP contribution in [0.3, 0.4) is 0 Å². The fourth-order valence-corrected chi connectivity index (χ4v) is 2.91. The molecule has 0 saturated carbocycles. The maximum atomic E-state index is 12.4. The van der Waals surface area contributed by atoms with Crippen LogP contribution in [0.1, 0.15) is 54.2 Å². The van der Waals surface area contributed by atoms with Crippen LogP contribution in [0, 0.1) is 6.92 Å². The molecule has 0 aliphatic rings. The zero-order valence-electron chi connectivity index (χ0n) is 18.7.